The van der Waals surface area contributed by atoms with Crippen LogP contribution in [0.15, 0.2) is 12.2 Å². The molecule has 21 heavy (non-hydrogen) atoms. The van der Waals surface area contributed by atoms with Gasteiger partial charge in [-0.2, -0.15) is 0 Å². The fourth-order valence-electron chi connectivity index (χ4n) is 1.47. The number of carboxylic acid groups (broad SMARTS) is 1. The third kappa shape index (κ3) is 6.29. The van der Waals surface area contributed by atoms with E-state index in [9.17, 15) is 19.5 Å². The summed E-state index contributed by atoms with van der Waals surface area (Å²) in [6.07, 6.45) is 1.22. The summed E-state index contributed by atoms with van der Waals surface area (Å²) in [4.78, 5) is 36.9. The number of carboxylic acids is 1. The van der Waals surface area contributed by atoms with Crippen molar-refractivity contribution in [3.05, 3.63) is 12.2 Å². The van der Waals surface area contributed by atoms with E-state index in [1.165, 1.54) is 25.1 Å². The maximum Gasteiger partial charge on any atom is 0.410 e. The molecule has 0 aliphatic carbocycles. The lowest BCUT2D eigenvalue weighted by Gasteiger charge is -2.30. The summed E-state index contributed by atoms with van der Waals surface area (Å²) in [5.74, 6) is -1.41. The number of nitrogens with zero attached hydrogens (tertiary/aromatic N) is 2. The molecule has 1 N–H and O–H groups in total. The van der Waals surface area contributed by atoms with Crippen molar-refractivity contribution in [2.75, 3.05) is 28.2 Å². The average molecular weight is 300 g/mol. The lowest BCUT2D eigenvalue weighted by Crippen LogP contribution is -2.42. The molecule has 0 aromatic carbocycles. The Labute approximate surface area is 125 Å². The van der Waals surface area contributed by atoms with Gasteiger partial charge in [0.15, 0.2) is 0 Å². The molecule has 2 amide bonds. The molecule has 7 nitrogen and oxygen atoms in total. The van der Waals surface area contributed by atoms with Crippen LogP contribution in [0, 0.1) is 5.41 Å². The summed E-state index contributed by atoms with van der Waals surface area (Å²) in [5.41, 5.74) is -0.847. The quantitative estimate of drug-likeness (QED) is 0.745. The minimum absolute atomic E-state index is 0.192. The predicted molar refractivity (Wildman–Crippen MR) is 77.8 cm³/mol. The topological polar surface area (TPSA) is 87.2 Å². The van der Waals surface area contributed by atoms with Crippen molar-refractivity contribution >= 4 is 18.0 Å². The Balaban J connectivity index is 4.92. The van der Waals surface area contributed by atoms with Crippen LogP contribution in [-0.2, 0) is 14.3 Å². The molecule has 0 saturated carbocycles. The molecule has 0 saturated heterocycles. The molecule has 0 radical (unpaired) electrons. The van der Waals surface area contributed by atoms with Crippen LogP contribution in [-0.4, -0.2) is 67.2 Å². The molecule has 7 heteroatoms. The highest BCUT2D eigenvalue weighted by Crippen LogP contribution is 2.29. The molecule has 0 aliphatic heterocycles. The van der Waals surface area contributed by atoms with Gasteiger partial charge in [-0.3, -0.25) is 4.79 Å². The summed E-state index contributed by atoms with van der Waals surface area (Å²) in [6.45, 7) is 3.33. The van der Waals surface area contributed by atoms with Gasteiger partial charge in [0, 0.05) is 33.6 Å². The summed E-state index contributed by atoms with van der Waals surface area (Å²) < 4.78 is 5.00. The van der Waals surface area contributed by atoms with Crippen molar-refractivity contribution in [3.63, 3.8) is 0 Å². The Hall–Kier alpha value is -2.05. The summed E-state index contributed by atoms with van der Waals surface area (Å²) in [7, 11) is 6.20. The number of aliphatic carboxylic acids is 1. The van der Waals surface area contributed by atoms with E-state index in [1.807, 2.05) is 0 Å². The summed E-state index contributed by atoms with van der Waals surface area (Å²) in [6, 6.07) is 0. The number of rotatable bonds is 6. The second kappa shape index (κ2) is 7.66. The largest absolute Gasteiger partial charge is 0.478 e. The van der Waals surface area contributed by atoms with E-state index in [-0.39, 0.29) is 12.3 Å². The van der Waals surface area contributed by atoms with Crippen LogP contribution >= 0.6 is 0 Å². The first-order chi connectivity index (χ1) is 9.49. The Morgan fingerprint density at radius 2 is 1.67 bits per heavy atom. The van der Waals surface area contributed by atoms with E-state index in [1.54, 1.807) is 34.0 Å². The molecule has 1 unspecified atom stereocenters. The van der Waals surface area contributed by atoms with Crippen LogP contribution in [0.2, 0.25) is 0 Å². The molecule has 0 spiro atoms. The van der Waals surface area contributed by atoms with Crippen LogP contribution in [0.5, 0.6) is 0 Å². The Morgan fingerprint density at radius 3 is 2.05 bits per heavy atom. The molecule has 0 aromatic heterocycles. The van der Waals surface area contributed by atoms with Crippen LogP contribution in [0.25, 0.3) is 0 Å². The van der Waals surface area contributed by atoms with Crippen molar-refractivity contribution in [3.8, 4) is 0 Å². The van der Waals surface area contributed by atoms with E-state index >= 15 is 0 Å². The second-order valence-electron chi connectivity index (χ2n) is 5.82. The van der Waals surface area contributed by atoms with Crippen molar-refractivity contribution in [1.82, 2.24) is 9.80 Å². The Morgan fingerprint density at radius 1 is 1.14 bits per heavy atom. The molecule has 0 heterocycles. The van der Waals surface area contributed by atoms with Gasteiger partial charge in [-0.25, -0.2) is 9.59 Å². The van der Waals surface area contributed by atoms with Gasteiger partial charge in [0.05, 0.1) is 0 Å². The van der Waals surface area contributed by atoms with Gasteiger partial charge in [-0.1, -0.05) is 19.9 Å². The van der Waals surface area contributed by atoms with E-state index in [2.05, 4.69) is 0 Å². The maximum atomic E-state index is 11.5. The third-order valence-corrected chi connectivity index (χ3v) is 2.86. The van der Waals surface area contributed by atoms with Crippen LogP contribution in [0.1, 0.15) is 20.3 Å². The molecule has 120 valence electrons. The minimum atomic E-state index is -1.30. The maximum absolute atomic E-state index is 11.5. The highest BCUT2D eigenvalue weighted by molar-refractivity contribution is 5.87. The zero-order valence-electron chi connectivity index (χ0n) is 13.4. The predicted octanol–water partition coefficient (Wildman–Crippen LogP) is 1.20. The third-order valence-electron chi connectivity index (χ3n) is 2.86. The van der Waals surface area contributed by atoms with E-state index in [4.69, 9.17) is 4.74 Å². The number of likely N-dealkylation sites (N-methyl/N-ethyl adjacent to an activating group) is 1. The average Bonchev–Trinajstić information content (AvgIpc) is 2.34. The summed E-state index contributed by atoms with van der Waals surface area (Å²) >= 11 is 0. The molecule has 0 fully saturated rings. The number of carbonyl (C=O) groups excluding carboxylic acids is 2. The van der Waals surface area contributed by atoms with E-state index < -0.39 is 23.6 Å². The number of hydrogen-bond donors (Lipinski definition) is 1. The molecule has 1 atom stereocenters. The standard InChI is InChI=1S/C14H24N2O5/c1-14(2,9-7-8-10(17)15(3)4)11(12(18)19)21-13(20)16(5)6/h7-8,11H,9H2,1-6H3,(H,18,19)/b8-7+. The molecule has 0 rings (SSSR count). The van der Waals surface area contributed by atoms with E-state index in [0.29, 0.717) is 0 Å². The SMILES string of the molecule is CN(C)C(=O)/C=C/CC(C)(C)C(OC(=O)N(C)C)C(=O)O. The van der Waals surface area contributed by atoms with Crippen LogP contribution < -0.4 is 0 Å². The minimum Gasteiger partial charge on any atom is -0.478 e. The first-order valence-electron chi connectivity index (χ1n) is 6.47. The molecular formula is C14H24N2O5. The second-order valence-corrected chi connectivity index (χ2v) is 5.82. The van der Waals surface area contributed by atoms with Gasteiger partial charge in [-0.05, 0) is 12.5 Å². The Bertz CT molecular complexity index is 427. The molecule has 0 aromatic rings. The van der Waals surface area contributed by atoms with E-state index in [0.717, 1.165) is 4.90 Å². The molecule has 0 aliphatic rings. The number of ether oxygens (including phenoxy) is 1. The van der Waals surface area contributed by atoms with Gasteiger partial charge in [0.2, 0.25) is 12.0 Å². The highest BCUT2D eigenvalue weighted by Gasteiger charge is 2.38. The number of allylic oxidation sites excluding steroid dienone is 1. The highest BCUT2D eigenvalue weighted by atomic mass is 16.6. The lowest BCUT2D eigenvalue weighted by molar-refractivity contribution is -0.153. The normalized spacial score (nSPS) is 12.9. The molecular weight excluding hydrogens is 276 g/mol. The Kier molecular flexibility index (Phi) is 6.91. The number of amides is 2. The van der Waals surface area contributed by atoms with Crippen molar-refractivity contribution in [2.24, 2.45) is 5.41 Å². The van der Waals surface area contributed by atoms with Crippen molar-refractivity contribution in [2.45, 2.75) is 26.4 Å². The zero-order chi connectivity index (χ0) is 16.8. The number of hydrogen-bond acceptors (Lipinski definition) is 4. The number of carbonyl (C=O) groups is 3. The zero-order valence-corrected chi connectivity index (χ0v) is 13.4. The van der Waals surface area contributed by atoms with Gasteiger partial charge >= 0.3 is 12.1 Å². The lowest BCUT2D eigenvalue weighted by atomic mass is 9.83. The first kappa shape index (κ1) is 18.9. The van der Waals surface area contributed by atoms with Crippen LogP contribution in [0.4, 0.5) is 4.79 Å². The van der Waals surface area contributed by atoms with Crippen LogP contribution in [0.3, 0.4) is 0 Å². The smallest absolute Gasteiger partial charge is 0.410 e. The first-order valence-corrected chi connectivity index (χ1v) is 6.47. The fourth-order valence-corrected chi connectivity index (χ4v) is 1.47. The monoisotopic (exact) mass is 300 g/mol. The summed E-state index contributed by atoms with van der Waals surface area (Å²) in [5, 5.41) is 9.24. The van der Waals surface area contributed by atoms with Gasteiger partial charge in [0.25, 0.3) is 0 Å². The molecule has 0 bridgehead atoms. The van der Waals surface area contributed by atoms with Gasteiger partial charge in [0.1, 0.15) is 0 Å². The fraction of sp³-hybridized carbons (Fsp3) is 0.643. The van der Waals surface area contributed by atoms with Gasteiger partial charge in [-0.15, -0.1) is 0 Å². The van der Waals surface area contributed by atoms with Crippen molar-refractivity contribution < 1.29 is 24.2 Å². The van der Waals surface area contributed by atoms with Gasteiger partial charge < -0.3 is 19.6 Å². The van der Waals surface area contributed by atoms with Crippen molar-refractivity contribution in [1.29, 1.82) is 0 Å².